The Morgan fingerprint density at radius 3 is 2.35 bits per heavy atom. The van der Waals surface area contributed by atoms with Crippen LogP contribution in [-0.2, 0) is 6.54 Å². The fourth-order valence-corrected chi connectivity index (χ4v) is 2.25. The number of hydrogen-bond acceptors (Lipinski definition) is 3. The van der Waals surface area contributed by atoms with Crippen LogP contribution in [-0.4, -0.2) is 38.1 Å². The molecule has 0 heterocycles. The number of carbonyl (C=O) groups is 1. The summed E-state index contributed by atoms with van der Waals surface area (Å²) in [6.07, 6.45) is 0. The second kappa shape index (κ2) is 8.34. The van der Waals surface area contributed by atoms with Crippen molar-refractivity contribution in [2.24, 2.45) is 0 Å². The number of nitrogens with one attached hydrogen (secondary N) is 1. The van der Waals surface area contributed by atoms with Gasteiger partial charge in [-0.3, -0.25) is 9.69 Å². The molecule has 122 valence electrons. The molecule has 0 aromatic heterocycles. The van der Waals surface area contributed by atoms with E-state index in [2.05, 4.69) is 24.2 Å². The SMILES string of the molecule is CNC(=O)c1ccc(CN(C)CCOc2ccc(C)cc2)cc1. The number of nitrogens with zero attached hydrogens (tertiary/aromatic N) is 1. The Bertz CT molecular complexity index is 621. The van der Waals surface area contributed by atoms with Gasteiger partial charge in [0.05, 0.1) is 0 Å². The lowest BCUT2D eigenvalue weighted by molar-refractivity contribution is 0.0963. The molecule has 0 aliphatic rings. The van der Waals surface area contributed by atoms with Gasteiger partial charge in [-0.1, -0.05) is 29.8 Å². The Morgan fingerprint density at radius 2 is 1.74 bits per heavy atom. The molecule has 1 N–H and O–H groups in total. The highest BCUT2D eigenvalue weighted by atomic mass is 16.5. The van der Waals surface area contributed by atoms with Crippen LogP contribution in [0.2, 0.25) is 0 Å². The zero-order valence-electron chi connectivity index (χ0n) is 14.0. The van der Waals surface area contributed by atoms with Crippen LogP contribution < -0.4 is 10.1 Å². The van der Waals surface area contributed by atoms with E-state index in [1.165, 1.54) is 11.1 Å². The first kappa shape index (κ1) is 17.0. The first-order chi connectivity index (χ1) is 11.1. The molecule has 0 saturated heterocycles. The molecule has 0 unspecified atom stereocenters. The van der Waals surface area contributed by atoms with E-state index in [-0.39, 0.29) is 5.91 Å². The lowest BCUT2D eigenvalue weighted by Crippen LogP contribution is -2.24. The van der Waals surface area contributed by atoms with E-state index in [1.54, 1.807) is 7.05 Å². The second-order valence-electron chi connectivity index (χ2n) is 5.68. The molecule has 4 heteroatoms. The number of rotatable bonds is 7. The summed E-state index contributed by atoms with van der Waals surface area (Å²) in [5.41, 5.74) is 3.09. The van der Waals surface area contributed by atoms with Gasteiger partial charge < -0.3 is 10.1 Å². The summed E-state index contributed by atoms with van der Waals surface area (Å²) in [5.74, 6) is 0.843. The number of benzene rings is 2. The number of ether oxygens (including phenoxy) is 1. The van der Waals surface area contributed by atoms with Crippen molar-refractivity contribution in [3.8, 4) is 5.75 Å². The number of amides is 1. The van der Waals surface area contributed by atoms with E-state index in [9.17, 15) is 4.79 Å². The minimum atomic E-state index is -0.0589. The minimum Gasteiger partial charge on any atom is -0.492 e. The second-order valence-corrected chi connectivity index (χ2v) is 5.68. The average molecular weight is 312 g/mol. The number of hydrogen-bond donors (Lipinski definition) is 1. The molecule has 2 aromatic carbocycles. The molecule has 23 heavy (non-hydrogen) atoms. The van der Waals surface area contributed by atoms with Gasteiger partial charge in [0.2, 0.25) is 0 Å². The van der Waals surface area contributed by atoms with E-state index >= 15 is 0 Å². The summed E-state index contributed by atoms with van der Waals surface area (Å²) >= 11 is 0. The van der Waals surface area contributed by atoms with Gasteiger partial charge in [0, 0.05) is 25.7 Å². The van der Waals surface area contributed by atoms with Crippen molar-refractivity contribution in [2.45, 2.75) is 13.5 Å². The van der Waals surface area contributed by atoms with Crippen LogP contribution in [0.25, 0.3) is 0 Å². The van der Waals surface area contributed by atoms with Crippen LogP contribution in [0.4, 0.5) is 0 Å². The monoisotopic (exact) mass is 312 g/mol. The summed E-state index contributed by atoms with van der Waals surface area (Å²) in [4.78, 5) is 13.7. The van der Waals surface area contributed by atoms with Crippen LogP contribution in [0.15, 0.2) is 48.5 Å². The average Bonchev–Trinajstić information content (AvgIpc) is 2.56. The molecule has 0 aliphatic carbocycles. The first-order valence-electron chi connectivity index (χ1n) is 7.77. The fourth-order valence-electron chi connectivity index (χ4n) is 2.25. The molecule has 1 amide bonds. The maximum atomic E-state index is 11.5. The van der Waals surface area contributed by atoms with Gasteiger partial charge in [-0.15, -0.1) is 0 Å². The topological polar surface area (TPSA) is 41.6 Å². The lowest BCUT2D eigenvalue weighted by Gasteiger charge is -2.17. The summed E-state index contributed by atoms with van der Waals surface area (Å²) in [6, 6.07) is 15.8. The van der Waals surface area contributed by atoms with Crippen molar-refractivity contribution in [2.75, 3.05) is 27.2 Å². The molecule has 0 spiro atoms. The van der Waals surface area contributed by atoms with E-state index < -0.39 is 0 Å². The summed E-state index contributed by atoms with van der Waals surface area (Å²) < 4.78 is 5.74. The predicted molar refractivity (Wildman–Crippen MR) is 92.8 cm³/mol. The van der Waals surface area contributed by atoms with Crippen LogP contribution in [0.5, 0.6) is 5.75 Å². The van der Waals surface area contributed by atoms with Gasteiger partial charge in [-0.05, 0) is 43.8 Å². The standard InChI is InChI=1S/C19H24N2O2/c1-15-4-10-18(11-5-15)23-13-12-21(3)14-16-6-8-17(9-7-16)19(22)20-2/h4-11H,12-14H2,1-3H3,(H,20,22). The third-order valence-corrected chi connectivity index (χ3v) is 3.66. The van der Waals surface area contributed by atoms with Crippen LogP contribution >= 0.6 is 0 Å². The summed E-state index contributed by atoms with van der Waals surface area (Å²) in [6.45, 7) is 4.37. The molecule has 0 aliphatic heterocycles. The molecule has 2 rings (SSSR count). The maximum Gasteiger partial charge on any atom is 0.251 e. The Kier molecular flexibility index (Phi) is 6.18. The van der Waals surface area contributed by atoms with Crippen LogP contribution in [0.1, 0.15) is 21.5 Å². The van der Waals surface area contributed by atoms with Crippen molar-refractivity contribution in [3.63, 3.8) is 0 Å². The highest BCUT2D eigenvalue weighted by Gasteiger charge is 2.04. The molecule has 4 nitrogen and oxygen atoms in total. The van der Waals surface area contributed by atoms with Crippen LogP contribution in [0, 0.1) is 6.92 Å². The number of carbonyl (C=O) groups excluding carboxylic acids is 1. The van der Waals surface area contributed by atoms with Gasteiger partial charge >= 0.3 is 0 Å². The Morgan fingerprint density at radius 1 is 1.09 bits per heavy atom. The molecule has 0 bridgehead atoms. The fraction of sp³-hybridized carbons (Fsp3) is 0.316. The van der Waals surface area contributed by atoms with Crippen molar-refractivity contribution < 1.29 is 9.53 Å². The Balaban J connectivity index is 1.77. The number of likely N-dealkylation sites (N-methyl/N-ethyl adjacent to an activating group) is 1. The van der Waals surface area contributed by atoms with Gasteiger partial charge in [0.25, 0.3) is 5.91 Å². The number of aryl methyl sites for hydroxylation is 1. The zero-order chi connectivity index (χ0) is 16.7. The first-order valence-corrected chi connectivity index (χ1v) is 7.77. The predicted octanol–water partition coefficient (Wildman–Crippen LogP) is 2.87. The smallest absolute Gasteiger partial charge is 0.251 e. The van der Waals surface area contributed by atoms with E-state index in [0.717, 1.165) is 18.8 Å². The van der Waals surface area contributed by atoms with Gasteiger partial charge in [0.15, 0.2) is 0 Å². The largest absolute Gasteiger partial charge is 0.492 e. The van der Waals surface area contributed by atoms with Crippen LogP contribution in [0.3, 0.4) is 0 Å². The van der Waals surface area contributed by atoms with Gasteiger partial charge in [0.1, 0.15) is 12.4 Å². The molecular formula is C19H24N2O2. The van der Waals surface area contributed by atoms with E-state index in [0.29, 0.717) is 12.2 Å². The third kappa shape index (κ3) is 5.42. The highest BCUT2D eigenvalue weighted by Crippen LogP contribution is 2.11. The Hall–Kier alpha value is -2.33. The van der Waals surface area contributed by atoms with E-state index in [4.69, 9.17) is 4.74 Å². The van der Waals surface area contributed by atoms with Crippen molar-refractivity contribution in [1.29, 1.82) is 0 Å². The third-order valence-electron chi connectivity index (χ3n) is 3.66. The lowest BCUT2D eigenvalue weighted by atomic mass is 10.1. The highest BCUT2D eigenvalue weighted by molar-refractivity contribution is 5.93. The van der Waals surface area contributed by atoms with Crippen molar-refractivity contribution >= 4 is 5.91 Å². The molecule has 0 fully saturated rings. The quantitative estimate of drug-likeness (QED) is 0.855. The summed E-state index contributed by atoms with van der Waals surface area (Å²) in [7, 11) is 3.70. The van der Waals surface area contributed by atoms with E-state index in [1.807, 2.05) is 48.5 Å². The summed E-state index contributed by atoms with van der Waals surface area (Å²) in [5, 5.41) is 2.62. The molecule has 0 radical (unpaired) electrons. The van der Waals surface area contributed by atoms with Gasteiger partial charge in [-0.2, -0.15) is 0 Å². The maximum absolute atomic E-state index is 11.5. The van der Waals surface area contributed by atoms with Gasteiger partial charge in [-0.25, -0.2) is 0 Å². The van der Waals surface area contributed by atoms with Crippen molar-refractivity contribution in [1.82, 2.24) is 10.2 Å². The normalized spacial score (nSPS) is 10.6. The molecule has 2 aromatic rings. The molecule has 0 saturated carbocycles. The minimum absolute atomic E-state index is 0.0589. The zero-order valence-corrected chi connectivity index (χ0v) is 14.0. The molecule has 0 atom stereocenters. The van der Waals surface area contributed by atoms with Crippen molar-refractivity contribution in [3.05, 3.63) is 65.2 Å². The Labute approximate surface area is 138 Å². The molecular weight excluding hydrogens is 288 g/mol.